The van der Waals surface area contributed by atoms with Crippen molar-refractivity contribution < 1.29 is 27.8 Å². The van der Waals surface area contributed by atoms with Crippen LogP contribution in [0.25, 0.3) is 11.3 Å². The van der Waals surface area contributed by atoms with Crippen LogP contribution in [0, 0.1) is 29.3 Å². The van der Waals surface area contributed by atoms with Gasteiger partial charge in [0, 0.05) is 37.0 Å². The lowest BCUT2D eigenvalue weighted by Gasteiger charge is -2.36. The third-order valence-corrected chi connectivity index (χ3v) is 7.53. The molecule has 2 saturated carbocycles. The molecule has 4 atom stereocenters. The Morgan fingerprint density at radius 2 is 1.84 bits per heavy atom. The topological polar surface area (TPSA) is 98.3 Å². The van der Waals surface area contributed by atoms with Gasteiger partial charge in [0.05, 0.1) is 18.3 Å². The van der Waals surface area contributed by atoms with E-state index in [-0.39, 0.29) is 35.7 Å². The molecule has 2 aliphatic rings. The van der Waals surface area contributed by atoms with E-state index in [0.29, 0.717) is 30.9 Å². The molecule has 0 saturated heterocycles. The second-order valence-electron chi connectivity index (χ2n) is 10.5. The van der Waals surface area contributed by atoms with Crippen molar-refractivity contribution >= 4 is 5.78 Å². The quantitative estimate of drug-likeness (QED) is 0.403. The maximum atomic E-state index is 14.9. The van der Waals surface area contributed by atoms with Gasteiger partial charge in [0.2, 0.25) is 0 Å². The second kappa shape index (κ2) is 10.8. The van der Waals surface area contributed by atoms with Crippen LogP contribution in [-0.2, 0) is 6.42 Å². The highest BCUT2D eigenvalue weighted by Crippen LogP contribution is 2.37. The summed E-state index contributed by atoms with van der Waals surface area (Å²) in [5.74, 6) is -2.98. The average molecular weight is 526 g/mol. The van der Waals surface area contributed by atoms with E-state index in [2.05, 4.69) is 9.97 Å². The number of hydrogen-bond donors (Lipinski definition) is 2. The van der Waals surface area contributed by atoms with E-state index in [1.54, 1.807) is 12.4 Å². The molecular formula is C29H30F3N3O3. The molecule has 0 aliphatic heterocycles. The molecule has 0 radical (unpaired) electrons. The van der Waals surface area contributed by atoms with Gasteiger partial charge in [0.25, 0.3) is 0 Å². The SMILES string of the molecule is C[C@H]1C[C@@H](c2ccncc2CC(=O)c2ccc(F)c(-c3c(F)cc(OCC4CC4)cc3F)n2)C[C@@H](N)[C@@H]1O. The zero-order valence-corrected chi connectivity index (χ0v) is 21.0. The number of aromatic nitrogens is 2. The number of halogens is 3. The molecule has 2 fully saturated rings. The Hall–Kier alpha value is -3.30. The zero-order valence-electron chi connectivity index (χ0n) is 21.0. The van der Waals surface area contributed by atoms with E-state index in [1.165, 1.54) is 6.07 Å². The molecule has 5 rings (SSSR count). The number of aliphatic hydroxyl groups is 1. The van der Waals surface area contributed by atoms with Gasteiger partial charge in [0.1, 0.15) is 34.6 Å². The molecule has 0 amide bonds. The van der Waals surface area contributed by atoms with Crippen LogP contribution in [0.4, 0.5) is 13.2 Å². The fourth-order valence-electron chi connectivity index (χ4n) is 5.21. The third-order valence-electron chi connectivity index (χ3n) is 7.53. The minimum Gasteiger partial charge on any atom is -0.493 e. The van der Waals surface area contributed by atoms with Crippen molar-refractivity contribution in [2.24, 2.45) is 17.6 Å². The summed E-state index contributed by atoms with van der Waals surface area (Å²) in [6.07, 6.45) is 5.89. The van der Waals surface area contributed by atoms with Gasteiger partial charge in [0.15, 0.2) is 5.78 Å². The first-order valence-electron chi connectivity index (χ1n) is 12.9. The van der Waals surface area contributed by atoms with E-state index in [9.17, 15) is 23.1 Å². The molecule has 38 heavy (non-hydrogen) atoms. The Bertz CT molecular complexity index is 1310. The van der Waals surface area contributed by atoms with Gasteiger partial charge in [-0.2, -0.15) is 0 Å². The van der Waals surface area contributed by atoms with E-state index in [4.69, 9.17) is 10.5 Å². The van der Waals surface area contributed by atoms with Gasteiger partial charge in [-0.1, -0.05) is 6.92 Å². The molecule has 2 aliphatic carbocycles. The largest absolute Gasteiger partial charge is 0.493 e. The van der Waals surface area contributed by atoms with Crippen molar-refractivity contribution in [2.45, 2.75) is 57.1 Å². The molecule has 0 bridgehead atoms. The monoisotopic (exact) mass is 525 g/mol. The number of aliphatic hydroxyl groups excluding tert-OH is 1. The number of rotatable bonds is 8. The van der Waals surface area contributed by atoms with Crippen LogP contribution >= 0.6 is 0 Å². The van der Waals surface area contributed by atoms with Crippen molar-refractivity contribution in [1.29, 1.82) is 0 Å². The number of carbonyl (C=O) groups is 1. The summed E-state index contributed by atoms with van der Waals surface area (Å²) in [6, 6.07) is 5.66. The summed E-state index contributed by atoms with van der Waals surface area (Å²) in [4.78, 5) is 21.4. The van der Waals surface area contributed by atoms with E-state index < -0.39 is 40.6 Å². The molecule has 3 aromatic rings. The number of carbonyl (C=O) groups excluding carboxylic acids is 1. The van der Waals surface area contributed by atoms with Gasteiger partial charge in [-0.3, -0.25) is 9.78 Å². The highest BCUT2D eigenvalue weighted by molar-refractivity contribution is 5.96. The second-order valence-corrected chi connectivity index (χ2v) is 10.5. The summed E-state index contributed by atoms with van der Waals surface area (Å²) in [6.45, 7) is 2.31. The lowest BCUT2D eigenvalue weighted by atomic mass is 9.74. The van der Waals surface area contributed by atoms with E-state index in [1.807, 2.05) is 13.0 Å². The minimum absolute atomic E-state index is 0.00271. The summed E-state index contributed by atoms with van der Waals surface area (Å²) in [5, 5.41) is 10.2. The molecule has 2 aromatic heterocycles. The number of hydrogen-bond acceptors (Lipinski definition) is 6. The number of ketones is 1. The highest BCUT2D eigenvalue weighted by atomic mass is 19.1. The first-order chi connectivity index (χ1) is 18.2. The van der Waals surface area contributed by atoms with E-state index >= 15 is 0 Å². The van der Waals surface area contributed by atoms with Crippen LogP contribution < -0.4 is 10.5 Å². The third kappa shape index (κ3) is 5.59. The Kier molecular flexibility index (Phi) is 7.49. The van der Waals surface area contributed by atoms with Crippen molar-refractivity contribution in [2.75, 3.05) is 6.61 Å². The van der Waals surface area contributed by atoms with Crippen LogP contribution in [0.1, 0.15) is 60.1 Å². The summed E-state index contributed by atoms with van der Waals surface area (Å²) in [5.41, 5.74) is 6.37. The maximum Gasteiger partial charge on any atom is 0.185 e. The van der Waals surface area contributed by atoms with Crippen molar-refractivity contribution in [1.82, 2.24) is 9.97 Å². The predicted octanol–water partition coefficient (Wildman–Crippen LogP) is 4.98. The van der Waals surface area contributed by atoms with E-state index in [0.717, 1.165) is 36.6 Å². The smallest absolute Gasteiger partial charge is 0.185 e. The fraction of sp³-hybridized carbons (Fsp3) is 0.414. The van der Waals surface area contributed by atoms with Gasteiger partial charge >= 0.3 is 0 Å². The summed E-state index contributed by atoms with van der Waals surface area (Å²) in [7, 11) is 0. The zero-order chi connectivity index (χ0) is 27.0. The normalized spacial score (nSPS) is 23.3. The molecule has 0 unspecified atom stereocenters. The number of Topliss-reactive ketones (excluding diaryl/α,β-unsaturated/α-hetero) is 1. The van der Waals surface area contributed by atoms with Gasteiger partial charge in [-0.15, -0.1) is 0 Å². The Labute approximate surface area is 219 Å². The Balaban J connectivity index is 1.39. The van der Waals surface area contributed by atoms with Gasteiger partial charge in [-0.25, -0.2) is 18.2 Å². The molecule has 2 heterocycles. The van der Waals surface area contributed by atoms with Crippen LogP contribution in [0.2, 0.25) is 0 Å². The van der Waals surface area contributed by atoms with Crippen molar-refractivity contribution in [3.63, 3.8) is 0 Å². The lowest BCUT2D eigenvalue weighted by molar-refractivity contribution is 0.0519. The van der Waals surface area contributed by atoms with Crippen LogP contribution in [0.5, 0.6) is 5.75 Å². The summed E-state index contributed by atoms with van der Waals surface area (Å²) < 4.78 is 49.9. The molecule has 3 N–H and O–H groups in total. The number of benzene rings is 1. The molecule has 0 spiro atoms. The number of nitrogens with zero attached hydrogens (tertiary/aromatic N) is 2. The molecule has 200 valence electrons. The fourth-order valence-corrected chi connectivity index (χ4v) is 5.21. The van der Waals surface area contributed by atoms with Crippen LogP contribution in [0.15, 0.2) is 42.7 Å². The number of nitrogens with two attached hydrogens (primary N) is 1. The molecule has 6 nitrogen and oxygen atoms in total. The van der Waals surface area contributed by atoms with Crippen molar-refractivity contribution in [3.05, 3.63) is 77.0 Å². The molecule has 9 heteroatoms. The number of pyridine rings is 2. The molecule has 1 aromatic carbocycles. The highest BCUT2D eigenvalue weighted by Gasteiger charge is 2.34. The average Bonchev–Trinajstić information content (AvgIpc) is 3.71. The Morgan fingerprint density at radius 3 is 2.53 bits per heavy atom. The molecular weight excluding hydrogens is 495 g/mol. The van der Waals surface area contributed by atoms with Crippen molar-refractivity contribution in [3.8, 4) is 17.0 Å². The van der Waals surface area contributed by atoms with Gasteiger partial charge in [-0.05, 0) is 72.8 Å². The first-order valence-corrected chi connectivity index (χ1v) is 12.9. The maximum absolute atomic E-state index is 14.9. The number of ether oxygens (including phenoxy) is 1. The summed E-state index contributed by atoms with van der Waals surface area (Å²) >= 11 is 0. The minimum atomic E-state index is -1.02. The predicted molar refractivity (Wildman–Crippen MR) is 135 cm³/mol. The van der Waals surface area contributed by atoms with Crippen LogP contribution in [-0.4, -0.2) is 39.6 Å². The lowest BCUT2D eigenvalue weighted by Crippen LogP contribution is -2.44. The Morgan fingerprint density at radius 1 is 1.11 bits per heavy atom. The first kappa shape index (κ1) is 26.3. The van der Waals surface area contributed by atoms with Gasteiger partial charge < -0.3 is 15.6 Å². The standard InChI is InChI=1S/C29H30F3N3O3/c1-15-8-17(9-24(33)29(15)37)20-6-7-34-13-18(20)10-26(36)25-5-4-21(30)28(35-25)27-22(31)11-19(12-23(27)32)38-14-16-2-3-16/h4-7,11-13,15-17,24,29,37H,2-3,8-10,14,33H2,1H3/t15-,17+,24+,29+/m0/s1. The van der Waals surface area contributed by atoms with Crippen LogP contribution in [0.3, 0.4) is 0 Å².